The molecule has 5 aromatic carbocycles. The van der Waals surface area contributed by atoms with Gasteiger partial charge in [0, 0.05) is 0 Å². The van der Waals surface area contributed by atoms with Gasteiger partial charge in [-0.05, 0) is 61.6 Å². The molecule has 0 amide bonds. The Morgan fingerprint density at radius 2 is 1.20 bits per heavy atom. The van der Waals surface area contributed by atoms with Gasteiger partial charge in [0.25, 0.3) is 0 Å². The number of rotatable bonds is 1. The van der Waals surface area contributed by atoms with E-state index in [2.05, 4.69) is 66.7 Å². The van der Waals surface area contributed by atoms with Crippen LogP contribution in [-0.2, 0) is 0 Å². The molecule has 0 aromatic heterocycles. The largest absolute Gasteiger partial charge is 0.207 e. The molecular formula is C24H15F. The molecule has 0 aliphatic rings. The fourth-order valence-corrected chi connectivity index (χ4v) is 3.74. The Kier molecular flexibility index (Phi) is 3.07. The third kappa shape index (κ3) is 2.20. The van der Waals surface area contributed by atoms with Gasteiger partial charge in [-0.1, -0.05) is 72.8 Å². The molecule has 0 bridgehead atoms. The minimum absolute atomic E-state index is 0.210. The molecule has 25 heavy (non-hydrogen) atoms. The van der Waals surface area contributed by atoms with Crippen LogP contribution in [0, 0.1) is 5.82 Å². The summed E-state index contributed by atoms with van der Waals surface area (Å²) in [6, 6.07) is 30.3. The Hall–Kier alpha value is -3.19. The van der Waals surface area contributed by atoms with Crippen LogP contribution in [0.3, 0.4) is 0 Å². The zero-order valence-corrected chi connectivity index (χ0v) is 13.5. The van der Waals surface area contributed by atoms with Gasteiger partial charge >= 0.3 is 0 Å². The Bertz CT molecular complexity index is 1230. The van der Waals surface area contributed by atoms with Gasteiger partial charge in [0.2, 0.25) is 0 Å². The molecule has 0 nitrogen and oxygen atoms in total. The van der Waals surface area contributed by atoms with Crippen LogP contribution >= 0.6 is 0 Å². The second-order valence-corrected chi connectivity index (χ2v) is 6.36. The lowest BCUT2D eigenvalue weighted by Gasteiger charge is -2.13. The van der Waals surface area contributed by atoms with E-state index in [0.29, 0.717) is 0 Å². The van der Waals surface area contributed by atoms with Crippen LogP contribution in [0.2, 0.25) is 0 Å². The van der Waals surface area contributed by atoms with E-state index in [-0.39, 0.29) is 5.82 Å². The average molecular weight is 322 g/mol. The number of hydrogen-bond acceptors (Lipinski definition) is 0. The third-order valence-corrected chi connectivity index (χ3v) is 4.90. The highest BCUT2D eigenvalue weighted by atomic mass is 19.1. The minimum Gasteiger partial charge on any atom is -0.207 e. The van der Waals surface area contributed by atoms with E-state index in [1.165, 1.54) is 44.5 Å². The summed E-state index contributed by atoms with van der Waals surface area (Å²) in [6.07, 6.45) is 0. The monoisotopic (exact) mass is 322 g/mol. The molecule has 0 saturated heterocycles. The molecule has 0 unspecified atom stereocenters. The Labute approximate surface area is 145 Å². The van der Waals surface area contributed by atoms with Crippen LogP contribution in [0.1, 0.15) is 0 Å². The molecule has 0 aliphatic carbocycles. The average Bonchev–Trinajstić information content (AvgIpc) is 2.67. The van der Waals surface area contributed by atoms with Gasteiger partial charge in [-0.3, -0.25) is 0 Å². The van der Waals surface area contributed by atoms with E-state index >= 15 is 0 Å². The third-order valence-electron chi connectivity index (χ3n) is 4.90. The van der Waals surface area contributed by atoms with Gasteiger partial charge in [0.15, 0.2) is 0 Å². The summed E-state index contributed by atoms with van der Waals surface area (Å²) >= 11 is 0. The Morgan fingerprint density at radius 1 is 0.520 bits per heavy atom. The van der Waals surface area contributed by atoms with Gasteiger partial charge in [0.05, 0.1) is 0 Å². The summed E-state index contributed by atoms with van der Waals surface area (Å²) in [4.78, 5) is 0. The van der Waals surface area contributed by atoms with Crippen molar-refractivity contribution >= 4 is 32.3 Å². The van der Waals surface area contributed by atoms with Crippen LogP contribution in [0.15, 0.2) is 91.0 Å². The van der Waals surface area contributed by atoms with Crippen molar-refractivity contribution in [2.75, 3.05) is 0 Å². The fraction of sp³-hybridized carbons (Fsp3) is 0. The Morgan fingerprint density at radius 3 is 2.00 bits per heavy atom. The smallest absolute Gasteiger partial charge is 0.123 e. The molecule has 0 radical (unpaired) electrons. The molecule has 0 aliphatic heterocycles. The summed E-state index contributed by atoms with van der Waals surface area (Å²) in [5, 5.41) is 7.34. The van der Waals surface area contributed by atoms with E-state index in [1.807, 2.05) is 12.1 Å². The van der Waals surface area contributed by atoms with Crippen molar-refractivity contribution in [3.8, 4) is 11.1 Å². The van der Waals surface area contributed by atoms with Crippen molar-refractivity contribution in [2.45, 2.75) is 0 Å². The van der Waals surface area contributed by atoms with Crippen molar-refractivity contribution in [3.63, 3.8) is 0 Å². The molecule has 5 rings (SSSR count). The van der Waals surface area contributed by atoms with Crippen molar-refractivity contribution in [1.29, 1.82) is 0 Å². The first-order valence-electron chi connectivity index (χ1n) is 8.40. The first-order chi connectivity index (χ1) is 12.3. The minimum atomic E-state index is -0.210. The summed E-state index contributed by atoms with van der Waals surface area (Å²) in [6.45, 7) is 0. The molecule has 0 heterocycles. The van der Waals surface area contributed by atoms with Crippen LogP contribution in [0.4, 0.5) is 4.39 Å². The number of hydrogen-bond donors (Lipinski definition) is 0. The first kappa shape index (κ1) is 14.2. The molecule has 5 aromatic rings. The zero-order valence-electron chi connectivity index (χ0n) is 13.5. The number of halogens is 1. The van der Waals surface area contributed by atoms with E-state index in [9.17, 15) is 4.39 Å². The molecule has 0 saturated carbocycles. The lowest BCUT2D eigenvalue weighted by Crippen LogP contribution is -1.87. The molecule has 118 valence electrons. The predicted octanol–water partition coefficient (Wildman–Crippen LogP) is 6.95. The zero-order chi connectivity index (χ0) is 16.8. The Balaban J connectivity index is 2.03. The first-order valence-corrected chi connectivity index (χ1v) is 8.40. The van der Waals surface area contributed by atoms with Crippen molar-refractivity contribution in [1.82, 2.24) is 0 Å². The van der Waals surface area contributed by atoms with Gasteiger partial charge in [-0.15, -0.1) is 0 Å². The lowest BCUT2D eigenvalue weighted by atomic mass is 9.90. The summed E-state index contributed by atoms with van der Waals surface area (Å²) in [5.74, 6) is -0.210. The normalized spacial score (nSPS) is 11.4. The van der Waals surface area contributed by atoms with Gasteiger partial charge in [0.1, 0.15) is 5.82 Å². The lowest BCUT2D eigenvalue weighted by molar-refractivity contribution is 0.628. The van der Waals surface area contributed by atoms with Crippen LogP contribution in [-0.4, -0.2) is 0 Å². The molecular weight excluding hydrogens is 307 g/mol. The maximum Gasteiger partial charge on any atom is 0.123 e. The highest BCUT2D eigenvalue weighted by Crippen LogP contribution is 2.39. The van der Waals surface area contributed by atoms with Crippen molar-refractivity contribution < 1.29 is 4.39 Å². The van der Waals surface area contributed by atoms with E-state index in [1.54, 1.807) is 0 Å². The topological polar surface area (TPSA) is 0 Å². The SMILES string of the molecule is Fc1ccc(-c2cc3ccccc3c3ccc4ccccc4c23)cc1. The maximum atomic E-state index is 13.4. The summed E-state index contributed by atoms with van der Waals surface area (Å²) in [5.41, 5.74) is 2.18. The predicted molar refractivity (Wildman–Crippen MR) is 104 cm³/mol. The second kappa shape index (κ2) is 5.42. The quantitative estimate of drug-likeness (QED) is 0.293. The highest BCUT2D eigenvalue weighted by Gasteiger charge is 2.11. The van der Waals surface area contributed by atoms with Crippen molar-refractivity contribution in [2.24, 2.45) is 0 Å². The molecule has 0 fully saturated rings. The van der Waals surface area contributed by atoms with Crippen molar-refractivity contribution in [3.05, 3.63) is 96.8 Å². The van der Waals surface area contributed by atoms with E-state index in [0.717, 1.165) is 11.1 Å². The van der Waals surface area contributed by atoms with E-state index in [4.69, 9.17) is 0 Å². The van der Waals surface area contributed by atoms with Crippen LogP contribution in [0.5, 0.6) is 0 Å². The summed E-state index contributed by atoms with van der Waals surface area (Å²) in [7, 11) is 0. The van der Waals surface area contributed by atoms with Gasteiger partial charge in [-0.2, -0.15) is 0 Å². The standard InChI is InChI=1S/C24H15F/c25-19-12-9-17(10-13-19)23-15-18-6-2-3-7-20(18)22-14-11-16-5-1-4-8-21(16)24(22)23/h1-15H. The molecule has 1 heteroatoms. The summed E-state index contributed by atoms with van der Waals surface area (Å²) < 4.78 is 13.4. The van der Waals surface area contributed by atoms with E-state index < -0.39 is 0 Å². The highest BCUT2D eigenvalue weighted by molar-refractivity contribution is 6.22. The molecule has 0 atom stereocenters. The maximum absolute atomic E-state index is 13.4. The number of fused-ring (bicyclic) bond motifs is 5. The van der Waals surface area contributed by atoms with Crippen LogP contribution < -0.4 is 0 Å². The van der Waals surface area contributed by atoms with Crippen LogP contribution in [0.25, 0.3) is 43.4 Å². The fourth-order valence-electron chi connectivity index (χ4n) is 3.74. The number of benzene rings is 5. The second-order valence-electron chi connectivity index (χ2n) is 6.36. The molecule has 0 spiro atoms. The van der Waals surface area contributed by atoms with Gasteiger partial charge < -0.3 is 0 Å². The van der Waals surface area contributed by atoms with Gasteiger partial charge in [-0.25, -0.2) is 4.39 Å². The molecule has 0 N–H and O–H groups in total.